The molecule has 0 heterocycles. The third-order valence-corrected chi connectivity index (χ3v) is 9.26. The second-order valence-corrected chi connectivity index (χ2v) is 10.1. The zero-order valence-corrected chi connectivity index (χ0v) is 17.4. The molecule has 0 amide bonds. The van der Waals surface area contributed by atoms with Gasteiger partial charge < -0.3 is 4.74 Å². The van der Waals surface area contributed by atoms with Crippen LogP contribution >= 0.6 is 0 Å². The zero-order chi connectivity index (χ0) is 19.2. The smallest absolute Gasteiger partial charge is 0.348 e. The highest BCUT2D eigenvalue weighted by Crippen LogP contribution is 2.67. The van der Waals surface area contributed by atoms with Crippen LogP contribution < -0.4 is 0 Å². The van der Waals surface area contributed by atoms with Crippen LogP contribution in [0, 0.1) is 45.8 Å². The summed E-state index contributed by atoms with van der Waals surface area (Å²) in [6.45, 7) is 7.09. The van der Waals surface area contributed by atoms with E-state index in [2.05, 4.69) is 19.9 Å². The van der Waals surface area contributed by atoms with Crippen molar-refractivity contribution in [2.24, 2.45) is 34.5 Å². The molecular weight excluding hydrogens is 334 g/mol. The van der Waals surface area contributed by atoms with Gasteiger partial charge in [-0.1, -0.05) is 26.7 Å². The first kappa shape index (κ1) is 19.0. The second-order valence-electron chi connectivity index (χ2n) is 10.1. The van der Waals surface area contributed by atoms with Crippen LogP contribution in [0.4, 0.5) is 0 Å². The van der Waals surface area contributed by atoms with Gasteiger partial charge in [-0.3, -0.25) is 0 Å². The summed E-state index contributed by atoms with van der Waals surface area (Å²) in [7, 11) is 0. The van der Waals surface area contributed by atoms with Crippen LogP contribution in [0.1, 0.15) is 85.0 Å². The molecule has 0 unspecified atom stereocenters. The highest BCUT2D eigenvalue weighted by Gasteiger charge is 2.59. The fourth-order valence-corrected chi connectivity index (χ4v) is 7.96. The number of ether oxygens (including phenoxy) is 1. The minimum atomic E-state index is -0.401. The summed E-state index contributed by atoms with van der Waals surface area (Å²) in [5, 5.41) is 9.71. The maximum Gasteiger partial charge on any atom is 0.348 e. The van der Waals surface area contributed by atoms with Crippen molar-refractivity contribution in [2.75, 3.05) is 6.61 Å². The quantitative estimate of drug-likeness (QED) is 0.351. The van der Waals surface area contributed by atoms with E-state index in [0.29, 0.717) is 23.5 Å². The summed E-state index contributed by atoms with van der Waals surface area (Å²) in [6, 6.07) is 2.22. The van der Waals surface area contributed by atoms with Gasteiger partial charge in [-0.15, -0.1) is 0 Å². The lowest BCUT2D eigenvalue weighted by Gasteiger charge is -2.60. The van der Waals surface area contributed by atoms with Gasteiger partial charge in [0.1, 0.15) is 11.6 Å². The number of nitriles is 1. The first-order valence-electron chi connectivity index (χ1n) is 11.3. The summed E-state index contributed by atoms with van der Waals surface area (Å²) < 4.78 is 5.21. The highest BCUT2D eigenvalue weighted by atomic mass is 16.5. The van der Waals surface area contributed by atoms with Crippen molar-refractivity contribution in [2.45, 2.75) is 85.0 Å². The minimum absolute atomic E-state index is 0.0247. The Hall–Kier alpha value is -1.30. The lowest BCUT2D eigenvalue weighted by atomic mass is 9.45. The van der Waals surface area contributed by atoms with E-state index in [-0.39, 0.29) is 5.41 Å². The van der Waals surface area contributed by atoms with Crippen molar-refractivity contribution in [3.05, 3.63) is 11.1 Å². The average molecular weight is 370 g/mol. The predicted octanol–water partition coefficient (Wildman–Crippen LogP) is 5.80. The second kappa shape index (κ2) is 6.94. The first-order chi connectivity index (χ1) is 13.0. The molecule has 27 heavy (non-hydrogen) atoms. The Morgan fingerprint density at radius 3 is 2.67 bits per heavy atom. The maximum atomic E-state index is 12.4. The van der Waals surface area contributed by atoms with E-state index >= 15 is 0 Å². The lowest BCUT2D eigenvalue weighted by Crippen LogP contribution is -2.52. The number of carbonyl (C=O) groups is 1. The van der Waals surface area contributed by atoms with Crippen LogP contribution in [0.25, 0.3) is 0 Å². The summed E-state index contributed by atoms with van der Waals surface area (Å²) >= 11 is 0. The van der Waals surface area contributed by atoms with Crippen molar-refractivity contribution in [3.8, 4) is 6.07 Å². The molecule has 4 saturated carbocycles. The molecule has 0 bridgehead atoms. The molecule has 3 heteroatoms. The van der Waals surface area contributed by atoms with Gasteiger partial charge >= 0.3 is 5.97 Å². The molecule has 4 rings (SSSR count). The van der Waals surface area contributed by atoms with Crippen LogP contribution in [0.2, 0.25) is 0 Å². The topological polar surface area (TPSA) is 50.1 Å². The van der Waals surface area contributed by atoms with Crippen LogP contribution in [0.15, 0.2) is 11.1 Å². The molecular formula is C24H35NO2. The van der Waals surface area contributed by atoms with Crippen molar-refractivity contribution in [1.29, 1.82) is 5.26 Å². The Bertz CT molecular complexity index is 689. The van der Waals surface area contributed by atoms with Crippen LogP contribution in [0.3, 0.4) is 0 Å². The van der Waals surface area contributed by atoms with Gasteiger partial charge in [0.15, 0.2) is 0 Å². The van der Waals surface area contributed by atoms with Gasteiger partial charge in [0.25, 0.3) is 0 Å². The number of esters is 1. The number of allylic oxidation sites excluding steroid dienone is 1. The third-order valence-electron chi connectivity index (χ3n) is 9.26. The van der Waals surface area contributed by atoms with E-state index in [0.717, 1.165) is 42.6 Å². The van der Waals surface area contributed by atoms with Crippen molar-refractivity contribution in [1.82, 2.24) is 0 Å². The van der Waals surface area contributed by atoms with Crippen LogP contribution in [0.5, 0.6) is 0 Å². The number of hydrogen-bond donors (Lipinski definition) is 0. The van der Waals surface area contributed by atoms with Gasteiger partial charge in [0.05, 0.1) is 6.61 Å². The fourth-order valence-electron chi connectivity index (χ4n) is 7.96. The van der Waals surface area contributed by atoms with E-state index in [1.807, 2.05) is 6.92 Å². The number of carbonyl (C=O) groups excluding carboxylic acids is 1. The van der Waals surface area contributed by atoms with Crippen molar-refractivity contribution in [3.63, 3.8) is 0 Å². The Labute approximate surface area is 164 Å². The Morgan fingerprint density at radius 2 is 1.93 bits per heavy atom. The maximum absolute atomic E-state index is 12.4. The molecule has 0 saturated heterocycles. The molecule has 4 aliphatic carbocycles. The van der Waals surface area contributed by atoms with Crippen molar-refractivity contribution >= 4 is 5.97 Å². The summed E-state index contributed by atoms with van der Waals surface area (Å²) in [6.07, 6.45) is 12.9. The van der Waals surface area contributed by atoms with E-state index < -0.39 is 5.97 Å². The fraction of sp³-hybridized carbons (Fsp3) is 0.833. The Morgan fingerprint density at radius 1 is 1.11 bits per heavy atom. The summed E-state index contributed by atoms with van der Waals surface area (Å²) in [5.41, 5.74) is 1.99. The zero-order valence-electron chi connectivity index (χ0n) is 17.4. The average Bonchev–Trinajstić information content (AvgIpc) is 2.99. The molecule has 4 fully saturated rings. The number of nitrogens with zero attached hydrogens (tertiary/aromatic N) is 1. The van der Waals surface area contributed by atoms with Gasteiger partial charge in [0.2, 0.25) is 0 Å². The van der Waals surface area contributed by atoms with Gasteiger partial charge in [-0.05, 0) is 98.4 Å². The van der Waals surface area contributed by atoms with Gasteiger partial charge in [-0.2, -0.15) is 5.26 Å². The first-order valence-corrected chi connectivity index (χ1v) is 11.3. The molecule has 0 aromatic carbocycles. The van der Waals surface area contributed by atoms with E-state index in [4.69, 9.17) is 4.74 Å². The largest absolute Gasteiger partial charge is 0.462 e. The normalized spacial score (nSPS) is 45.1. The standard InChI is InChI=1S/C24H35NO2/c1-4-27-22(26)18(15-25)20-11-10-19-17-9-8-16-7-5-6-13-23(16,2)21(17)12-14-24(19,20)3/h16-17,19,21H,4-14H2,1-3H3/b20-18-/t16-,17-,19-,21+,23+,24+/m1/s1. The molecule has 3 nitrogen and oxygen atoms in total. The predicted molar refractivity (Wildman–Crippen MR) is 106 cm³/mol. The highest BCUT2D eigenvalue weighted by molar-refractivity contribution is 5.94. The Balaban J connectivity index is 1.65. The molecule has 148 valence electrons. The monoisotopic (exact) mass is 369 g/mol. The number of hydrogen-bond acceptors (Lipinski definition) is 3. The summed E-state index contributed by atoms with van der Waals surface area (Å²) in [5.74, 6) is 2.80. The Kier molecular flexibility index (Phi) is 4.90. The summed E-state index contributed by atoms with van der Waals surface area (Å²) in [4.78, 5) is 12.4. The minimum Gasteiger partial charge on any atom is -0.462 e. The molecule has 0 aromatic heterocycles. The van der Waals surface area contributed by atoms with Crippen LogP contribution in [-0.4, -0.2) is 12.6 Å². The molecule has 0 aliphatic heterocycles. The molecule has 4 aliphatic rings. The molecule has 0 aromatic rings. The molecule has 0 spiro atoms. The number of fused-ring (bicyclic) bond motifs is 5. The van der Waals surface area contributed by atoms with E-state index in [1.165, 1.54) is 44.9 Å². The van der Waals surface area contributed by atoms with E-state index in [1.54, 1.807) is 0 Å². The van der Waals surface area contributed by atoms with Gasteiger partial charge in [-0.25, -0.2) is 4.79 Å². The lowest BCUT2D eigenvalue weighted by molar-refractivity contribution is -0.138. The van der Waals surface area contributed by atoms with Gasteiger partial charge in [0, 0.05) is 0 Å². The van der Waals surface area contributed by atoms with Crippen molar-refractivity contribution < 1.29 is 9.53 Å². The number of rotatable bonds is 2. The molecule has 0 radical (unpaired) electrons. The SMILES string of the molecule is CCOC(=O)/C(C#N)=C1/CC[C@@H]2[C@H]3CC[C@H]4CCCC[C@]4(C)[C@H]3CC[C@]12C. The molecule has 6 atom stereocenters. The third kappa shape index (κ3) is 2.78. The van der Waals surface area contributed by atoms with E-state index in [9.17, 15) is 10.1 Å². The van der Waals surface area contributed by atoms with Crippen LogP contribution in [-0.2, 0) is 9.53 Å². The molecule has 0 N–H and O–H groups in total.